The highest BCUT2D eigenvalue weighted by atomic mass is 32.1. The predicted octanol–water partition coefficient (Wildman–Crippen LogP) is 3.66. The molecule has 3 aromatic rings. The molecule has 138 valence electrons. The third-order valence-electron chi connectivity index (χ3n) is 4.01. The molecule has 0 saturated heterocycles. The van der Waals surface area contributed by atoms with Gasteiger partial charge in [-0.1, -0.05) is 12.1 Å². The van der Waals surface area contributed by atoms with Gasteiger partial charge in [-0.2, -0.15) is 0 Å². The highest BCUT2D eigenvalue weighted by molar-refractivity contribution is 7.09. The topological polar surface area (TPSA) is 97.1 Å². The second-order valence-electron chi connectivity index (χ2n) is 6.13. The first-order valence-electron chi connectivity index (χ1n) is 8.42. The molecule has 1 heterocycles. The Kier molecular flexibility index (Phi) is 5.52. The number of nitrogens with two attached hydrogens (primary N) is 1. The van der Waals surface area contributed by atoms with Crippen LogP contribution in [-0.4, -0.2) is 22.8 Å². The Hall–Kier alpha value is -3.19. The van der Waals surface area contributed by atoms with E-state index in [0.29, 0.717) is 11.3 Å². The molecule has 2 amide bonds. The highest BCUT2D eigenvalue weighted by Crippen LogP contribution is 2.23. The molecule has 0 aliphatic carbocycles. The van der Waals surface area contributed by atoms with Gasteiger partial charge in [0.05, 0.1) is 10.7 Å². The number of rotatable bonds is 6. The van der Waals surface area contributed by atoms with E-state index in [2.05, 4.69) is 15.6 Å². The number of primary amides is 1. The maximum atomic E-state index is 12.4. The van der Waals surface area contributed by atoms with Crippen molar-refractivity contribution < 1.29 is 9.59 Å². The molecule has 0 spiro atoms. The zero-order valence-corrected chi connectivity index (χ0v) is 15.8. The van der Waals surface area contributed by atoms with Gasteiger partial charge in [-0.3, -0.25) is 9.59 Å². The van der Waals surface area contributed by atoms with Crippen LogP contribution in [0.1, 0.15) is 22.3 Å². The molecular weight excluding hydrogens is 360 g/mol. The first kappa shape index (κ1) is 18.6. The molecule has 27 heavy (non-hydrogen) atoms. The number of benzene rings is 2. The van der Waals surface area contributed by atoms with Crippen molar-refractivity contribution in [1.29, 1.82) is 0 Å². The predicted molar refractivity (Wildman–Crippen MR) is 109 cm³/mol. The Morgan fingerprint density at radius 1 is 1.04 bits per heavy atom. The molecule has 3 rings (SSSR count). The lowest BCUT2D eigenvalue weighted by atomic mass is 10.1. The van der Waals surface area contributed by atoms with E-state index in [1.807, 2.05) is 36.6 Å². The lowest BCUT2D eigenvalue weighted by Gasteiger charge is -2.15. The van der Waals surface area contributed by atoms with Crippen LogP contribution < -0.4 is 16.4 Å². The van der Waals surface area contributed by atoms with Gasteiger partial charge in [-0.15, -0.1) is 11.3 Å². The Labute approximate surface area is 161 Å². The lowest BCUT2D eigenvalue weighted by Crippen LogP contribution is -2.31. The van der Waals surface area contributed by atoms with Crippen LogP contribution in [0.3, 0.4) is 0 Å². The molecule has 6 nitrogen and oxygen atoms in total. The number of aromatic nitrogens is 1. The van der Waals surface area contributed by atoms with E-state index in [0.717, 1.165) is 22.0 Å². The van der Waals surface area contributed by atoms with Gasteiger partial charge in [0.2, 0.25) is 11.8 Å². The summed E-state index contributed by atoms with van der Waals surface area (Å²) >= 11 is 1.62. The summed E-state index contributed by atoms with van der Waals surface area (Å²) in [5, 5.41) is 9.03. The van der Waals surface area contributed by atoms with Crippen molar-refractivity contribution in [3.8, 4) is 11.3 Å². The Balaban J connectivity index is 1.59. The fourth-order valence-electron chi connectivity index (χ4n) is 2.52. The minimum Gasteiger partial charge on any atom is -0.374 e. The SMILES string of the molecule is Cc1nc(-c2ccc(N[C@@H](C)C(=O)Nc3ccc(C(N)=O)cc3)cc2)cs1. The summed E-state index contributed by atoms with van der Waals surface area (Å²) in [5.74, 6) is -0.680. The van der Waals surface area contributed by atoms with Gasteiger partial charge in [0.15, 0.2) is 0 Å². The van der Waals surface area contributed by atoms with E-state index in [1.54, 1.807) is 42.5 Å². The molecule has 2 aromatic carbocycles. The van der Waals surface area contributed by atoms with E-state index in [-0.39, 0.29) is 5.91 Å². The maximum absolute atomic E-state index is 12.4. The van der Waals surface area contributed by atoms with Crippen molar-refractivity contribution in [3.63, 3.8) is 0 Å². The van der Waals surface area contributed by atoms with Crippen LogP contribution in [-0.2, 0) is 4.79 Å². The van der Waals surface area contributed by atoms with E-state index >= 15 is 0 Å². The van der Waals surface area contributed by atoms with Gasteiger partial charge < -0.3 is 16.4 Å². The summed E-state index contributed by atoms with van der Waals surface area (Å²) < 4.78 is 0. The highest BCUT2D eigenvalue weighted by Gasteiger charge is 2.13. The van der Waals surface area contributed by atoms with Gasteiger partial charge in [-0.05, 0) is 50.2 Å². The molecule has 0 aliphatic heterocycles. The summed E-state index contributed by atoms with van der Waals surface area (Å²) in [6, 6.07) is 13.8. The van der Waals surface area contributed by atoms with Crippen LogP contribution >= 0.6 is 11.3 Å². The summed E-state index contributed by atoms with van der Waals surface area (Å²) in [7, 11) is 0. The average Bonchev–Trinajstić information content (AvgIpc) is 3.09. The van der Waals surface area contributed by atoms with E-state index in [1.165, 1.54) is 0 Å². The Morgan fingerprint density at radius 2 is 1.67 bits per heavy atom. The molecule has 4 N–H and O–H groups in total. The van der Waals surface area contributed by atoms with E-state index in [9.17, 15) is 9.59 Å². The van der Waals surface area contributed by atoms with Crippen molar-refractivity contribution in [2.75, 3.05) is 10.6 Å². The summed E-state index contributed by atoms with van der Waals surface area (Å²) in [4.78, 5) is 27.9. The zero-order chi connectivity index (χ0) is 19.4. The van der Waals surface area contributed by atoms with Gasteiger partial charge in [0, 0.05) is 27.9 Å². The second-order valence-corrected chi connectivity index (χ2v) is 7.19. The van der Waals surface area contributed by atoms with E-state index in [4.69, 9.17) is 5.73 Å². The third-order valence-corrected chi connectivity index (χ3v) is 4.79. The molecule has 7 heteroatoms. The minimum atomic E-state index is -0.501. The summed E-state index contributed by atoms with van der Waals surface area (Å²) in [6.07, 6.45) is 0. The standard InChI is InChI=1S/C20H20N4O2S/c1-12(20(26)24-17-9-5-15(6-10-17)19(21)25)22-16-7-3-14(4-8-16)18-11-27-13(2)23-18/h3-12,22H,1-2H3,(H2,21,25)(H,24,26)/t12-/m0/s1. The number of hydrogen-bond donors (Lipinski definition) is 3. The molecule has 1 aromatic heterocycles. The summed E-state index contributed by atoms with van der Waals surface area (Å²) in [5.41, 5.74) is 9.05. The number of aryl methyl sites for hydroxylation is 1. The van der Waals surface area contributed by atoms with Gasteiger partial charge in [0.1, 0.15) is 6.04 Å². The number of carbonyl (C=O) groups is 2. The fourth-order valence-corrected chi connectivity index (χ4v) is 3.14. The Bertz CT molecular complexity index is 949. The smallest absolute Gasteiger partial charge is 0.248 e. The van der Waals surface area contributed by atoms with Crippen molar-refractivity contribution in [3.05, 3.63) is 64.5 Å². The van der Waals surface area contributed by atoms with Crippen molar-refractivity contribution in [2.24, 2.45) is 5.73 Å². The molecule has 1 atom stereocenters. The molecule has 0 bridgehead atoms. The largest absolute Gasteiger partial charge is 0.374 e. The quantitative estimate of drug-likeness (QED) is 0.608. The van der Waals surface area contributed by atoms with Crippen molar-refractivity contribution in [1.82, 2.24) is 4.98 Å². The third kappa shape index (κ3) is 4.71. The molecule has 0 radical (unpaired) electrons. The average molecular weight is 380 g/mol. The number of carbonyl (C=O) groups excluding carboxylic acids is 2. The van der Waals surface area contributed by atoms with Crippen LogP contribution in [0.2, 0.25) is 0 Å². The van der Waals surface area contributed by atoms with Crippen molar-refractivity contribution >= 4 is 34.5 Å². The number of amides is 2. The maximum Gasteiger partial charge on any atom is 0.248 e. The minimum absolute atomic E-state index is 0.180. The number of hydrogen-bond acceptors (Lipinski definition) is 5. The molecular formula is C20H20N4O2S. The summed E-state index contributed by atoms with van der Waals surface area (Å²) in [6.45, 7) is 3.76. The second kappa shape index (κ2) is 8.01. The van der Waals surface area contributed by atoms with E-state index < -0.39 is 11.9 Å². The first-order valence-corrected chi connectivity index (χ1v) is 9.30. The molecule has 0 saturated carbocycles. The van der Waals surface area contributed by atoms with Crippen LogP contribution in [0.15, 0.2) is 53.9 Å². The van der Waals surface area contributed by atoms with Gasteiger partial charge in [-0.25, -0.2) is 4.98 Å². The van der Waals surface area contributed by atoms with Gasteiger partial charge >= 0.3 is 0 Å². The van der Waals surface area contributed by atoms with Crippen LogP contribution in [0, 0.1) is 6.92 Å². The number of thiazole rings is 1. The molecule has 0 unspecified atom stereocenters. The monoisotopic (exact) mass is 380 g/mol. The number of nitrogens with zero attached hydrogens (tertiary/aromatic N) is 1. The lowest BCUT2D eigenvalue weighted by molar-refractivity contribution is -0.116. The van der Waals surface area contributed by atoms with Crippen LogP contribution in [0.5, 0.6) is 0 Å². The van der Waals surface area contributed by atoms with Gasteiger partial charge in [0.25, 0.3) is 0 Å². The van der Waals surface area contributed by atoms with Crippen molar-refractivity contribution in [2.45, 2.75) is 19.9 Å². The zero-order valence-electron chi connectivity index (χ0n) is 15.0. The number of nitrogens with one attached hydrogen (secondary N) is 2. The number of anilines is 2. The Morgan fingerprint density at radius 3 is 2.22 bits per heavy atom. The fraction of sp³-hybridized carbons (Fsp3) is 0.150. The normalized spacial score (nSPS) is 11.6. The van der Waals surface area contributed by atoms with Crippen LogP contribution in [0.4, 0.5) is 11.4 Å². The molecule has 0 aliphatic rings. The van der Waals surface area contributed by atoms with Crippen LogP contribution in [0.25, 0.3) is 11.3 Å². The molecule has 0 fully saturated rings. The first-order chi connectivity index (χ1) is 12.9.